The highest BCUT2D eigenvalue weighted by atomic mass is 16.5. The largest absolute Gasteiger partial charge is 0.496 e. The average Bonchev–Trinajstić information content (AvgIpc) is 3.15. The third-order valence-electron chi connectivity index (χ3n) is 5.17. The molecule has 1 N–H and O–H groups in total. The zero-order valence-electron chi connectivity index (χ0n) is 15.6. The molecule has 1 amide bonds. The van der Waals surface area contributed by atoms with Crippen LogP contribution >= 0.6 is 0 Å². The predicted octanol–water partition coefficient (Wildman–Crippen LogP) is 3.56. The van der Waals surface area contributed by atoms with Crippen molar-refractivity contribution in [2.75, 3.05) is 13.7 Å². The first-order valence-electron chi connectivity index (χ1n) is 9.32. The van der Waals surface area contributed by atoms with Gasteiger partial charge in [0, 0.05) is 19.0 Å². The molecule has 3 rings (SSSR count). The van der Waals surface area contributed by atoms with E-state index in [-0.39, 0.29) is 17.5 Å². The number of ether oxygens (including phenoxy) is 1. The second-order valence-electron chi connectivity index (χ2n) is 6.90. The number of nitrogens with zero attached hydrogens (tertiary/aromatic N) is 1. The number of carbonyl (C=O) groups is 2. The van der Waals surface area contributed by atoms with Crippen LogP contribution < -0.4 is 4.74 Å². The molecule has 2 aromatic carbocycles. The molecule has 0 spiro atoms. The van der Waals surface area contributed by atoms with Gasteiger partial charge in [0.05, 0.1) is 12.7 Å². The van der Waals surface area contributed by atoms with Crippen LogP contribution in [0.5, 0.6) is 5.75 Å². The summed E-state index contributed by atoms with van der Waals surface area (Å²) in [6, 6.07) is 14.9. The first kappa shape index (κ1) is 19.0. The molecule has 1 aliphatic rings. The monoisotopic (exact) mass is 367 g/mol. The Morgan fingerprint density at radius 2 is 1.89 bits per heavy atom. The van der Waals surface area contributed by atoms with Crippen molar-refractivity contribution in [3.63, 3.8) is 0 Å². The summed E-state index contributed by atoms with van der Waals surface area (Å²) in [6.07, 6.45) is 3.91. The molecule has 0 aliphatic carbocycles. The smallest absolute Gasteiger partial charge is 0.335 e. The standard InChI is InChI=1S/C22H25NO4/c1-27-20-7-3-2-5-18(20)15-19-6-4-14-23(19)21(24)13-10-16-8-11-17(12-9-16)22(25)26/h2-3,5,7-9,11-12,19H,4,6,10,13-15H2,1H3,(H,25,26). The van der Waals surface area contributed by atoms with Gasteiger partial charge in [0.2, 0.25) is 5.91 Å². The Kier molecular flexibility index (Phi) is 6.12. The number of benzene rings is 2. The number of aromatic carboxylic acids is 1. The van der Waals surface area contributed by atoms with E-state index in [1.165, 1.54) is 0 Å². The quantitative estimate of drug-likeness (QED) is 0.813. The highest BCUT2D eigenvalue weighted by molar-refractivity contribution is 5.87. The molecule has 1 unspecified atom stereocenters. The number of amides is 1. The molecule has 5 nitrogen and oxygen atoms in total. The summed E-state index contributed by atoms with van der Waals surface area (Å²) in [5.41, 5.74) is 2.38. The topological polar surface area (TPSA) is 66.8 Å². The molecule has 1 heterocycles. The van der Waals surface area contributed by atoms with Gasteiger partial charge in [-0.05, 0) is 55.0 Å². The number of carboxylic acid groups (broad SMARTS) is 1. The van der Waals surface area contributed by atoms with Crippen molar-refractivity contribution in [1.29, 1.82) is 0 Å². The lowest BCUT2D eigenvalue weighted by Gasteiger charge is -2.25. The van der Waals surface area contributed by atoms with E-state index in [0.717, 1.165) is 42.7 Å². The predicted molar refractivity (Wildman–Crippen MR) is 103 cm³/mol. The van der Waals surface area contributed by atoms with Crippen LogP contribution in [0.1, 0.15) is 40.7 Å². The number of aryl methyl sites for hydroxylation is 1. The van der Waals surface area contributed by atoms with Gasteiger partial charge in [0.15, 0.2) is 0 Å². The van der Waals surface area contributed by atoms with Crippen LogP contribution in [0.15, 0.2) is 48.5 Å². The van der Waals surface area contributed by atoms with E-state index in [0.29, 0.717) is 12.8 Å². The number of carbonyl (C=O) groups excluding carboxylic acids is 1. The molecule has 0 aromatic heterocycles. The van der Waals surface area contributed by atoms with E-state index in [2.05, 4.69) is 6.07 Å². The Bertz CT molecular complexity index is 800. The maximum absolute atomic E-state index is 12.7. The van der Waals surface area contributed by atoms with Crippen LogP contribution in [0.25, 0.3) is 0 Å². The van der Waals surface area contributed by atoms with Gasteiger partial charge in [0.1, 0.15) is 5.75 Å². The van der Waals surface area contributed by atoms with Crippen LogP contribution in [-0.2, 0) is 17.6 Å². The van der Waals surface area contributed by atoms with Gasteiger partial charge < -0.3 is 14.7 Å². The molecule has 5 heteroatoms. The highest BCUT2D eigenvalue weighted by Crippen LogP contribution is 2.26. The fourth-order valence-corrected chi connectivity index (χ4v) is 3.71. The third-order valence-corrected chi connectivity index (χ3v) is 5.17. The molecular weight excluding hydrogens is 342 g/mol. The Labute approximate surface area is 159 Å². The summed E-state index contributed by atoms with van der Waals surface area (Å²) in [4.78, 5) is 25.7. The molecular formula is C22H25NO4. The minimum atomic E-state index is -0.936. The van der Waals surface area contributed by atoms with Crippen molar-refractivity contribution in [1.82, 2.24) is 4.90 Å². The first-order valence-corrected chi connectivity index (χ1v) is 9.32. The van der Waals surface area contributed by atoms with E-state index in [9.17, 15) is 9.59 Å². The van der Waals surface area contributed by atoms with E-state index in [1.807, 2.05) is 23.1 Å². The Morgan fingerprint density at radius 1 is 1.15 bits per heavy atom. The normalized spacial score (nSPS) is 16.3. The molecule has 1 atom stereocenters. The van der Waals surface area contributed by atoms with Gasteiger partial charge in [-0.1, -0.05) is 30.3 Å². The van der Waals surface area contributed by atoms with Crippen LogP contribution in [0.3, 0.4) is 0 Å². The zero-order valence-corrected chi connectivity index (χ0v) is 15.6. The lowest BCUT2D eigenvalue weighted by atomic mass is 10.0. The van der Waals surface area contributed by atoms with Crippen molar-refractivity contribution >= 4 is 11.9 Å². The van der Waals surface area contributed by atoms with Crippen molar-refractivity contribution < 1.29 is 19.4 Å². The van der Waals surface area contributed by atoms with E-state index in [4.69, 9.17) is 9.84 Å². The molecule has 1 aliphatic heterocycles. The van der Waals surface area contributed by atoms with Crippen LogP contribution in [-0.4, -0.2) is 41.6 Å². The van der Waals surface area contributed by atoms with E-state index < -0.39 is 5.97 Å². The summed E-state index contributed by atoms with van der Waals surface area (Å²) in [5.74, 6) is 0.0962. The number of likely N-dealkylation sites (tertiary alicyclic amines) is 1. The highest BCUT2D eigenvalue weighted by Gasteiger charge is 2.29. The minimum Gasteiger partial charge on any atom is -0.496 e. The molecule has 27 heavy (non-hydrogen) atoms. The number of hydrogen-bond acceptors (Lipinski definition) is 3. The summed E-state index contributed by atoms with van der Waals surface area (Å²) < 4.78 is 5.44. The number of para-hydroxylation sites is 1. The second kappa shape index (κ2) is 8.71. The van der Waals surface area contributed by atoms with Crippen LogP contribution in [0, 0.1) is 0 Å². The van der Waals surface area contributed by atoms with Crippen molar-refractivity contribution in [2.45, 2.75) is 38.1 Å². The van der Waals surface area contributed by atoms with Crippen molar-refractivity contribution in [3.8, 4) is 5.75 Å². The summed E-state index contributed by atoms with van der Waals surface area (Å²) >= 11 is 0. The summed E-state index contributed by atoms with van der Waals surface area (Å²) in [6.45, 7) is 0.802. The van der Waals surface area contributed by atoms with Gasteiger partial charge in [-0.2, -0.15) is 0 Å². The van der Waals surface area contributed by atoms with E-state index >= 15 is 0 Å². The molecule has 1 saturated heterocycles. The number of methoxy groups -OCH3 is 1. The maximum atomic E-state index is 12.7. The van der Waals surface area contributed by atoms with Gasteiger partial charge in [-0.3, -0.25) is 4.79 Å². The molecule has 0 radical (unpaired) electrons. The number of rotatable bonds is 7. The molecule has 2 aromatic rings. The minimum absolute atomic E-state index is 0.162. The van der Waals surface area contributed by atoms with Gasteiger partial charge in [-0.25, -0.2) is 4.79 Å². The zero-order chi connectivity index (χ0) is 19.2. The van der Waals surface area contributed by atoms with Gasteiger partial charge in [0.25, 0.3) is 0 Å². The second-order valence-corrected chi connectivity index (χ2v) is 6.90. The number of hydrogen-bond donors (Lipinski definition) is 1. The van der Waals surface area contributed by atoms with Crippen LogP contribution in [0.2, 0.25) is 0 Å². The van der Waals surface area contributed by atoms with Gasteiger partial charge in [-0.15, -0.1) is 0 Å². The van der Waals surface area contributed by atoms with Crippen molar-refractivity contribution in [3.05, 3.63) is 65.2 Å². The van der Waals surface area contributed by atoms with Crippen molar-refractivity contribution in [2.24, 2.45) is 0 Å². The lowest BCUT2D eigenvalue weighted by molar-refractivity contribution is -0.131. The lowest BCUT2D eigenvalue weighted by Crippen LogP contribution is -2.37. The number of carboxylic acids is 1. The van der Waals surface area contributed by atoms with E-state index in [1.54, 1.807) is 31.4 Å². The Morgan fingerprint density at radius 3 is 2.59 bits per heavy atom. The SMILES string of the molecule is COc1ccccc1CC1CCCN1C(=O)CCc1ccc(C(=O)O)cc1. The fraction of sp³-hybridized carbons (Fsp3) is 0.364. The van der Waals surface area contributed by atoms with Gasteiger partial charge >= 0.3 is 5.97 Å². The Balaban J connectivity index is 1.59. The van der Waals surface area contributed by atoms with Crippen LogP contribution in [0.4, 0.5) is 0 Å². The molecule has 0 saturated carbocycles. The third kappa shape index (κ3) is 4.67. The maximum Gasteiger partial charge on any atom is 0.335 e. The fourth-order valence-electron chi connectivity index (χ4n) is 3.71. The first-order chi connectivity index (χ1) is 13.1. The molecule has 142 valence electrons. The summed E-state index contributed by atoms with van der Waals surface area (Å²) in [5, 5.41) is 8.96. The molecule has 0 bridgehead atoms. The molecule has 1 fully saturated rings. The summed E-state index contributed by atoms with van der Waals surface area (Å²) in [7, 11) is 1.67. The Hall–Kier alpha value is -2.82. The average molecular weight is 367 g/mol.